The van der Waals surface area contributed by atoms with Gasteiger partial charge in [-0.3, -0.25) is 14.4 Å². The Kier molecular flexibility index (Phi) is 4.22. The molecule has 0 saturated carbocycles. The molecule has 0 unspecified atom stereocenters. The fraction of sp³-hybridized carbons (Fsp3) is 0.320. The largest absolute Gasteiger partial charge is 0.475 e. The van der Waals surface area contributed by atoms with Gasteiger partial charge in [0.2, 0.25) is 5.60 Å². The van der Waals surface area contributed by atoms with Gasteiger partial charge in [0.05, 0.1) is 5.69 Å². The first kappa shape index (κ1) is 20.0. The van der Waals surface area contributed by atoms with E-state index in [1.54, 1.807) is 31.3 Å². The number of para-hydroxylation sites is 1. The van der Waals surface area contributed by atoms with E-state index < -0.39 is 11.5 Å². The molecule has 0 bridgehead atoms. The van der Waals surface area contributed by atoms with Crippen molar-refractivity contribution in [1.29, 1.82) is 0 Å². The van der Waals surface area contributed by atoms with Crippen molar-refractivity contribution in [3.8, 4) is 0 Å². The summed E-state index contributed by atoms with van der Waals surface area (Å²) in [6.07, 6.45) is 0.806. The molecule has 0 aromatic heterocycles. The van der Waals surface area contributed by atoms with Crippen LogP contribution in [0.25, 0.3) is 0 Å². The molecule has 31 heavy (non-hydrogen) atoms. The van der Waals surface area contributed by atoms with Gasteiger partial charge in [-0.2, -0.15) is 0 Å². The van der Waals surface area contributed by atoms with Gasteiger partial charge in [-0.15, -0.1) is 0 Å². The van der Waals surface area contributed by atoms with Gasteiger partial charge in [0.15, 0.2) is 11.6 Å². The number of hydrogen-bond donors (Lipinski definition) is 0. The van der Waals surface area contributed by atoms with Crippen molar-refractivity contribution in [2.45, 2.75) is 32.3 Å². The third-order valence-electron chi connectivity index (χ3n) is 6.54. The third-order valence-corrected chi connectivity index (χ3v) is 6.79. The molecule has 1 spiro atoms. The summed E-state index contributed by atoms with van der Waals surface area (Å²) in [5.41, 5.74) is 0.176. The van der Waals surface area contributed by atoms with E-state index in [-0.39, 0.29) is 22.9 Å². The first-order valence-electron chi connectivity index (χ1n) is 10.3. The molecule has 1 amide bonds. The number of nitrogens with zero attached hydrogens (tertiary/aromatic N) is 1. The highest BCUT2D eigenvalue weighted by Crippen LogP contribution is 2.58. The van der Waals surface area contributed by atoms with E-state index >= 15 is 0 Å². The third kappa shape index (κ3) is 2.72. The Hall–Kier alpha value is -2.92. The van der Waals surface area contributed by atoms with Crippen LogP contribution in [0.4, 0.5) is 5.69 Å². The molecular formula is C25H22ClNO4. The fourth-order valence-electron chi connectivity index (χ4n) is 5.18. The van der Waals surface area contributed by atoms with Gasteiger partial charge in [0, 0.05) is 41.6 Å². The lowest BCUT2D eigenvalue weighted by molar-refractivity contribution is -0.139. The van der Waals surface area contributed by atoms with Crippen molar-refractivity contribution in [1.82, 2.24) is 0 Å². The van der Waals surface area contributed by atoms with Crippen LogP contribution in [0.2, 0.25) is 5.02 Å². The van der Waals surface area contributed by atoms with Gasteiger partial charge in [-0.25, -0.2) is 0 Å². The van der Waals surface area contributed by atoms with E-state index in [0.717, 1.165) is 0 Å². The van der Waals surface area contributed by atoms with Crippen LogP contribution in [-0.4, -0.2) is 24.5 Å². The second-order valence-corrected chi connectivity index (χ2v) is 9.74. The van der Waals surface area contributed by atoms with Crippen LogP contribution >= 0.6 is 11.6 Å². The molecule has 0 saturated heterocycles. The summed E-state index contributed by atoms with van der Waals surface area (Å²) < 4.78 is 6.43. The first-order chi connectivity index (χ1) is 14.7. The summed E-state index contributed by atoms with van der Waals surface area (Å²) in [5, 5.41) is 0.506. The molecule has 0 fully saturated rings. The SMILES string of the molecule is CN1C(=O)[C@]2(OC3=C(C(=O)CC(C)(C)C3)[C@@H]2C(=O)c2ccc(Cl)cc2)c2ccccc21. The molecule has 2 aromatic carbocycles. The number of likely N-dealkylation sites (N-methyl/N-ethyl adjacent to an activating group) is 1. The lowest BCUT2D eigenvalue weighted by atomic mass is 9.69. The van der Waals surface area contributed by atoms with Gasteiger partial charge in [0.1, 0.15) is 11.7 Å². The van der Waals surface area contributed by atoms with E-state index in [2.05, 4.69) is 0 Å². The number of allylic oxidation sites excluding steroid dienone is 1. The zero-order chi connectivity index (χ0) is 22.1. The Morgan fingerprint density at radius 3 is 2.45 bits per heavy atom. The van der Waals surface area contributed by atoms with Crippen LogP contribution in [0.15, 0.2) is 59.9 Å². The van der Waals surface area contributed by atoms with E-state index in [9.17, 15) is 14.4 Å². The number of fused-ring (bicyclic) bond motifs is 2. The summed E-state index contributed by atoms with van der Waals surface area (Å²) >= 11 is 6.01. The molecular weight excluding hydrogens is 414 g/mol. The molecule has 2 heterocycles. The smallest absolute Gasteiger partial charge is 0.276 e. The first-order valence-corrected chi connectivity index (χ1v) is 10.7. The summed E-state index contributed by atoms with van der Waals surface area (Å²) in [5.74, 6) is -1.35. The van der Waals surface area contributed by atoms with Crippen molar-refractivity contribution >= 4 is 34.8 Å². The van der Waals surface area contributed by atoms with E-state index in [4.69, 9.17) is 16.3 Å². The number of carbonyl (C=O) groups excluding carboxylic acids is 3. The maximum absolute atomic E-state index is 13.9. The van der Waals surface area contributed by atoms with Crippen molar-refractivity contribution < 1.29 is 19.1 Å². The van der Waals surface area contributed by atoms with E-state index in [1.807, 2.05) is 38.1 Å². The minimum Gasteiger partial charge on any atom is -0.475 e. The van der Waals surface area contributed by atoms with Crippen LogP contribution in [0.5, 0.6) is 0 Å². The Morgan fingerprint density at radius 2 is 1.74 bits per heavy atom. The van der Waals surface area contributed by atoms with Crippen molar-refractivity contribution in [2.75, 3.05) is 11.9 Å². The predicted molar refractivity (Wildman–Crippen MR) is 117 cm³/mol. The van der Waals surface area contributed by atoms with Gasteiger partial charge < -0.3 is 9.64 Å². The molecule has 3 aliphatic rings. The molecule has 2 atom stereocenters. The summed E-state index contributed by atoms with van der Waals surface area (Å²) in [7, 11) is 1.67. The average molecular weight is 436 g/mol. The predicted octanol–water partition coefficient (Wildman–Crippen LogP) is 4.68. The Morgan fingerprint density at radius 1 is 1.06 bits per heavy atom. The van der Waals surface area contributed by atoms with Gasteiger partial charge in [-0.1, -0.05) is 43.6 Å². The summed E-state index contributed by atoms with van der Waals surface area (Å²) in [4.78, 5) is 42.4. The van der Waals surface area contributed by atoms with Crippen molar-refractivity contribution in [3.05, 3.63) is 76.0 Å². The van der Waals surface area contributed by atoms with Crippen LogP contribution in [0.3, 0.4) is 0 Å². The number of halogens is 1. The summed E-state index contributed by atoms with van der Waals surface area (Å²) in [6.45, 7) is 3.99. The number of carbonyl (C=O) groups is 3. The highest BCUT2D eigenvalue weighted by molar-refractivity contribution is 6.30. The average Bonchev–Trinajstić information content (AvgIpc) is 3.16. The molecule has 6 heteroatoms. The highest BCUT2D eigenvalue weighted by Gasteiger charge is 2.66. The monoisotopic (exact) mass is 435 g/mol. The molecule has 1 aliphatic carbocycles. The second-order valence-electron chi connectivity index (χ2n) is 9.30. The topological polar surface area (TPSA) is 63.7 Å². The number of ether oxygens (including phenoxy) is 1. The van der Waals surface area contributed by atoms with Crippen LogP contribution in [-0.2, 0) is 19.9 Å². The zero-order valence-corrected chi connectivity index (χ0v) is 18.3. The number of hydrogen-bond acceptors (Lipinski definition) is 4. The minimum absolute atomic E-state index is 0.129. The highest BCUT2D eigenvalue weighted by atomic mass is 35.5. The standard InChI is InChI=1S/C25H22ClNO4/c1-24(2)12-18(28)20-19(13-24)31-25(16-6-4-5-7-17(16)27(3)23(25)30)21(20)22(29)14-8-10-15(26)11-9-14/h4-11,21H,12-13H2,1-3H3/t21-,25+/m1/s1. The fourth-order valence-corrected chi connectivity index (χ4v) is 5.30. The molecule has 5 nitrogen and oxygen atoms in total. The molecule has 0 N–H and O–H groups in total. The quantitative estimate of drug-likeness (QED) is 0.642. The maximum atomic E-state index is 13.9. The van der Waals surface area contributed by atoms with Crippen LogP contribution in [0.1, 0.15) is 42.6 Å². The number of ketones is 2. The van der Waals surface area contributed by atoms with Gasteiger partial charge in [0.25, 0.3) is 5.91 Å². The van der Waals surface area contributed by atoms with Crippen molar-refractivity contribution in [3.63, 3.8) is 0 Å². The Balaban J connectivity index is 1.75. The van der Waals surface area contributed by atoms with Gasteiger partial charge in [-0.05, 0) is 35.7 Å². The maximum Gasteiger partial charge on any atom is 0.276 e. The van der Waals surface area contributed by atoms with Gasteiger partial charge >= 0.3 is 0 Å². The van der Waals surface area contributed by atoms with E-state index in [1.165, 1.54) is 4.90 Å². The number of benzene rings is 2. The molecule has 0 radical (unpaired) electrons. The van der Waals surface area contributed by atoms with Crippen LogP contribution in [0, 0.1) is 11.3 Å². The summed E-state index contributed by atoms with van der Waals surface area (Å²) in [6, 6.07) is 13.8. The number of amides is 1. The number of Topliss-reactive ketones (excluding diaryl/α,β-unsaturated/α-hetero) is 2. The lowest BCUT2D eigenvalue weighted by Gasteiger charge is -2.30. The molecule has 158 valence electrons. The zero-order valence-electron chi connectivity index (χ0n) is 17.6. The van der Waals surface area contributed by atoms with Crippen LogP contribution < -0.4 is 4.90 Å². The minimum atomic E-state index is -1.57. The number of anilines is 1. The molecule has 2 aliphatic heterocycles. The molecule has 5 rings (SSSR count). The van der Waals surface area contributed by atoms with Crippen molar-refractivity contribution in [2.24, 2.45) is 11.3 Å². The molecule has 2 aromatic rings. The normalized spacial score (nSPS) is 26.2. The Bertz CT molecular complexity index is 1180. The number of rotatable bonds is 2. The second kappa shape index (κ2) is 6.54. The lowest BCUT2D eigenvalue weighted by Crippen LogP contribution is -2.47. The van der Waals surface area contributed by atoms with E-state index in [0.29, 0.717) is 46.0 Å². The Labute approximate surface area is 185 Å².